The van der Waals surface area contributed by atoms with Crippen molar-refractivity contribution in [2.75, 3.05) is 17.3 Å². The fraction of sp³-hybridized carbons (Fsp3) is 0.0769. The van der Waals surface area contributed by atoms with Gasteiger partial charge in [0.1, 0.15) is 11.4 Å². The van der Waals surface area contributed by atoms with Gasteiger partial charge in [0.25, 0.3) is 11.8 Å². The third-order valence-electron chi connectivity index (χ3n) is 7.61. The standard InChI is InChI=1S/C39H31N5O5S/c1-49-34-15-9-8-12-27(34)24-33(41-37(46)26-10-4-2-5-11-26)38(47)40-28-18-22-32(23-19-28)50-35-25-36(45)44(39(35)48)31-20-16-30(17-21-31)43-42-29-13-6-3-7-14-29/h2-24,35H,25H2,1H3,(H,40,47)(H,41,46). The lowest BCUT2D eigenvalue weighted by molar-refractivity contribution is -0.121. The number of imide groups is 1. The Labute approximate surface area is 292 Å². The van der Waals surface area contributed by atoms with Gasteiger partial charge >= 0.3 is 0 Å². The summed E-state index contributed by atoms with van der Waals surface area (Å²) in [6.07, 6.45) is 1.60. The number of azo groups is 1. The van der Waals surface area contributed by atoms with Crippen LogP contribution in [0.4, 0.5) is 22.7 Å². The van der Waals surface area contributed by atoms with Gasteiger partial charge in [-0.3, -0.25) is 19.2 Å². The van der Waals surface area contributed by atoms with Gasteiger partial charge in [-0.05, 0) is 84.9 Å². The first-order valence-electron chi connectivity index (χ1n) is 15.6. The number of amides is 4. The smallest absolute Gasteiger partial charge is 0.272 e. The first-order valence-corrected chi connectivity index (χ1v) is 16.5. The SMILES string of the molecule is COc1ccccc1C=C(NC(=O)c1ccccc1)C(=O)Nc1ccc(SC2CC(=O)N(c3ccc(N=Nc4ccccc4)cc3)C2=O)cc1. The Balaban J connectivity index is 1.11. The van der Waals surface area contributed by atoms with E-state index in [1.807, 2.05) is 36.4 Å². The van der Waals surface area contributed by atoms with Gasteiger partial charge < -0.3 is 15.4 Å². The zero-order valence-electron chi connectivity index (χ0n) is 26.9. The van der Waals surface area contributed by atoms with Gasteiger partial charge in [-0.15, -0.1) is 11.8 Å². The van der Waals surface area contributed by atoms with Crippen LogP contribution < -0.4 is 20.3 Å². The van der Waals surface area contributed by atoms with E-state index < -0.39 is 17.1 Å². The molecule has 1 unspecified atom stereocenters. The van der Waals surface area contributed by atoms with Crippen molar-refractivity contribution in [1.29, 1.82) is 0 Å². The van der Waals surface area contributed by atoms with E-state index in [0.29, 0.717) is 33.9 Å². The van der Waals surface area contributed by atoms with Crippen molar-refractivity contribution >= 4 is 64.2 Å². The van der Waals surface area contributed by atoms with E-state index in [4.69, 9.17) is 4.74 Å². The number of benzene rings is 5. The topological polar surface area (TPSA) is 130 Å². The van der Waals surface area contributed by atoms with Crippen LogP contribution in [0.2, 0.25) is 0 Å². The molecular weight excluding hydrogens is 651 g/mol. The molecule has 0 aromatic heterocycles. The third kappa shape index (κ3) is 8.20. The average molecular weight is 682 g/mol. The Hall–Kier alpha value is -6.33. The summed E-state index contributed by atoms with van der Waals surface area (Å²) in [7, 11) is 1.53. The van der Waals surface area contributed by atoms with E-state index in [9.17, 15) is 19.2 Å². The second kappa shape index (κ2) is 15.7. The van der Waals surface area contributed by atoms with Gasteiger partial charge in [-0.25, -0.2) is 4.90 Å². The zero-order chi connectivity index (χ0) is 34.9. The summed E-state index contributed by atoms with van der Waals surface area (Å²) in [5.74, 6) is -1.05. The number of anilines is 2. The van der Waals surface area contributed by atoms with Gasteiger partial charge in [-0.2, -0.15) is 10.2 Å². The fourth-order valence-electron chi connectivity index (χ4n) is 5.11. The molecule has 248 valence electrons. The van der Waals surface area contributed by atoms with Crippen LogP contribution in [-0.4, -0.2) is 36.0 Å². The summed E-state index contributed by atoms with van der Waals surface area (Å²) in [5, 5.41) is 13.4. The van der Waals surface area contributed by atoms with E-state index in [0.717, 1.165) is 10.6 Å². The number of hydrogen-bond donors (Lipinski definition) is 2. The van der Waals surface area contributed by atoms with Crippen molar-refractivity contribution in [3.63, 3.8) is 0 Å². The van der Waals surface area contributed by atoms with Crippen molar-refractivity contribution in [2.45, 2.75) is 16.6 Å². The van der Waals surface area contributed by atoms with Crippen LogP contribution in [0.25, 0.3) is 6.08 Å². The molecule has 2 N–H and O–H groups in total. The second-order valence-corrected chi connectivity index (χ2v) is 12.3. The molecule has 5 aromatic carbocycles. The molecule has 1 aliphatic heterocycles. The Bertz CT molecular complexity index is 2070. The lowest BCUT2D eigenvalue weighted by Gasteiger charge is -2.15. The lowest BCUT2D eigenvalue weighted by atomic mass is 10.1. The van der Waals surface area contributed by atoms with Crippen LogP contribution in [-0.2, 0) is 14.4 Å². The number of nitrogens with one attached hydrogen (secondary N) is 2. The van der Waals surface area contributed by atoms with Crippen LogP contribution in [0, 0.1) is 0 Å². The summed E-state index contributed by atoms with van der Waals surface area (Å²) >= 11 is 1.28. The molecule has 11 heteroatoms. The van der Waals surface area contributed by atoms with Gasteiger partial charge in [0.15, 0.2) is 0 Å². The van der Waals surface area contributed by atoms with E-state index in [-0.39, 0.29) is 23.9 Å². The number of rotatable bonds is 11. The van der Waals surface area contributed by atoms with Crippen LogP contribution in [0.15, 0.2) is 154 Å². The van der Waals surface area contributed by atoms with Crippen LogP contribution in [0.1, 0.15) is 22.3 Å². The number of ether oxygens (including phenoxy) is 1. The van der Waals surface area contributed by atoms with Crippen molar-refractivity contribution in [1.82, 2.24) is 5.32 Å². The Morgan fingerprint density at radius 3 is 2.08 bits per heavy atom. The van der Waals surface area contributed by atoms with Crippen LogP contribution >= 0.6 is 11.8 Å². The number of nitrogens with zero attached hydrogens (tertiary/aromatic N) is 3. The molecule has 50 heavy (non-hydrogen) atoms. The Kier molecular flexibility index (Phi) is 10.5. The van der Waals surface area contributed by atoms with Crippen LogP contribution in [0.3, 0.4) is 0 Å². The summed E-state index contributed by atoms with van der Waals surface area (Å²) in [5.41, 5.74) is 3.27. The molecule has 1 heterocycles. The molecule has 1 fully saturated rings. The molecule has 1 aliphatic rings. The predicted molar refractivity (Wildman–Crippen MR) is 194 cm³/mol. The predicted octanol–water partition coefficient (Wildman–Crippen LogP) is 7.94. The van der Waals surface area contributed by atoms with E-state index >= 15 is 0 Å². The highest BCUT2D eigenvalue weighted by atomic mass is 32.2. The van der Waals surface area contributed by atoms with Gasteiger partial charge in [-0.1, -0.05) is 54.6 Å². The maximum absolute atomic E-state index is 13.5. The molecule has 1 saturated heterocycles. The molecule has 0 saturated carbocycles. The summed E-state index contributed by atoms with van der Waals surface area (Å²) < 4.78 is 5.43. The Morgan fingerprint density at radius 1 is 0.780 bits per heavy atom. The molecule has 6 rings (SSSR count). The normalized spacial score (nSPS) is 14.5. The van der Waals surface area contributed by atoms with Gasteiger partial charge in [0, 0.05) is 28.1 Å². The first-order chi connectivity index (χ1) is 24.4. The Morgan fingerprint density at radius 2 is 1.40 bits per heavy atom. The van der Waals surface area contributed by atoms with Gasteiger partial charge in [0.05, 0.1) is 29.4 Å². The van der Waals surface area contributed by atoms with Crippen LogP contribution in [0.5, 0.6) is 5.75 Å². The maximum Gasteiger partial charge on any atom is 0.272 e. The quantitative estimate of drug-likeness (QED) is 0.0827. The number of carbonyl (C=O) groups excluding carboxylic acids is 4. The van der Waals surface area contributed by atoms with Crippen molar-refractivity contribution in [3.8, 4) is 5.75 Å². The molecule has 0 radical (unpaired) electrons. The summed E-state index contributed by atoms with van der Waals surface area (Å²) in [6, 6.07) is 38.8. The minimum Gasteiger partial charge on any atom is -0.496 e. The van der Waals surface area contributed by atoms with Gasteiger partial charge in [0.2, 0.25) is 11.8 Å². The number of carbonyl (C=O) groups is 4. The maximum atomic E-state index is 13.5. The average Bonchev–Trinajstić information content (AvgIpc) is 3.43. The molecule has 10 nitrogen and oxygen atoms in total. The minimum absolute atomic E-state index is 0.0178. The van der Waals surface area contributed by atoms with E-state index in [1.165, 1.54) is 23.8 Å². The molecule has 0 aliphatic carbocycles. The molecule has 4 amide bonds. The summed E-state index contributed by atoms with van der Waals surface area (Å²) in [6.45, 7) is 0. The number of methoxy groups -OCH3 is 1. The highest BCUT2D eigenvalue weighted by Gasteiger charge is 2.40. The fourth-order valence-corrected chi connectivity index (χ4v) is 6.16. The monoisotopic (exact) mass is 681 g/mol. The second-order valence-electron chi connectivity index (χ2n) is 11.0. The first kappa shape index (κ1) is 33.6. The number of thioether (sulfide) groups is 1. The minimum atomic E-state index is -0.607. The number of hydrogen-bond acceptors (Lipinski definition) is 8. The van der Waals surface area contributed by atoms with Crippen molar-refractivity contribution in [2.24, 2.45) is 10.2 Å². The summed E-state index contributed by atoms with van der Waals surface area (Å²) in [4.78, 5) is 54.7. The van der Waals surface area contributed by atoms with E-state index in [2.05, 4.69) is 20.9 Å². The molecule has 5 aromatic rings. The van der Waals surface area contributed by atoms with Crippen molar-refractivity contribution in [3.05, 3.63) is 150 Å². The largest absolute Gasteiger partial charge is 0.496 e. The molecule has 0 bridgehead atoms. The molecule has 1 atom stereocenters. The number of para-hydroxylation sites is 1. The lowest BCUT2D eigenvalue weighted by Crippen LogP contribution is -2.31. The van der Waals surface area contributed by atoms with Crippen molar-refractivity contribution < 1.29 is 23.9 Å². The molecule has 0 spiro atoms. The van der Waals surface area contributed by atoms with E-state index in [1.54, 1.807) is 103 Å². The zero-order valence-corrected chi connectivity index (χ0v) is 27.7. The highest BCUT2D eigenvalue weighted by molar-refractivity contribution is 8.00. The third-order valence-corrected chi connectivity index (χ3v) is 8.81. The highest BCUT2D eigenvalue weighted by Crippen LogP contribution is 2.35. The molecular formula is C39H31N5O5S.